The lowest BCUT2D eigenvalue weighted by Crippen LogP contribution is -1.92. The molecule has 0 N–H and O–H groups in total. The average molecular weight is 294 g/mol. The molecular weight excluding hydrogens is 284 g/mol. The predicted molar refractivity (Wildman–Crippen MR) is 76.3 cm³/mol. The maximum Gasteiger partial charge on any atom is 0.338 e. The van der Waals surface area contributed by atoms with Crippen LogP contribution in [0.3, 0.4) is 0 Å². The summed E-state index contributed by atoms with van der Waals surface area (Å²) in [6.07, 6.45) is 4.54. The van der Waals surface area contributed by atoms with Crippen molar-refractivity contribution in [2.24, 2.45) is 5.10 Å². The van der Waals surface area contributed by atoms with Crippen LogP contribution in [0.1, 0.15) is 21.7 Å². The normalized spacial score (nSPS) is 13.5. The Labute approximate surface area is 124 Å². The van der Waals surface area contributed by atoms with Gasteiger partial charge in [-0.2, -0.15) is 5.10 Å². The number of esters is 1. The third-order valence-electron chi connectivity index (χ3n) is 3.32. The average Bonchev–Trinajstić information content (AvgIpc) is 3.26. The van der Waals surface area contributed by atoms with Gasteiger partial charge in [0.05, 0.1) is 11.8 Å². The number of aromatic nitrogens is 3. The van der Waals surface area contributed by atoms with Crippen LogP contribution < -0.4 is 0 Å². The van der Waals surface area contributed by atoms with E-state index in [9.17, 15) is 4.79 Å². The number of hydrogen-bond donors (Lipinski definition) is 0. The second-order valence-corrected chi connectivity index (χ2v) is 4.74. The third-order valence-corrected chi connectivity index (χ3v) is 3.32. The van der Waals surface area contributed by atoms with Crippen molar-refractivity contribution in [1.29, 1.82) is 0 Å². The molecule has 1 aliphatic heterocycles. The Balaban J connectivity index is 1.60. The topological polar surface area (TPSA) is 82.5 Å². The first-order valence-electron chi connectivity index (χ1n) is 6.59. The molecule has 0 saturated heterocycles. The van der Waals surface area contributed by atoms with Crippen molar-refractivity contribution >= 4 is 12.2 Å². The van der Waals surface area contributed by atoms with Gasteiger partial charge in [0.1, 0.15) is 30.8 Å². The minimum Gasteiger partial charge on any atom is -0.457 e. The largest absolute Gasteiger partial charge is 0.457 e. The lowest BCUT2D eigenvalue weighted by Gasteiger charge is -1.99. The van der Waals surface area contributed by atoms with E-state index in [2.05, 4.69) is 15.3 Å². The standard InChI is InChI=1S/C15H10N4O3/c20-15-13-3-1-10(5-11(13)7-21-15)14-4-2-12(22-14)6-18-19-8-16-17-9-19/h1-6,8-9H,7H2/b18-6+. The first-order chi connectivity index (χ1) is 10.8. The molecule has 3 aromatic rings. The van der Waals surface area contributed by atoms with Gasteiger partial charge >= 0.3 is 5.97 Å². The maximum atomic E-state index is 11.4. The summed E-state index contributed by atoms with van der Waals surface area (Å²) in [7, 11) is 0. The quantitative estimate of drug-likeness (QED) is 0.545. The van der Waals surface area contributed by atoms with Crippen LogP contribution in [0.25, 0.3) is 11.3 Å². The number of furan rings is 1. The molecule has 0 bridgehead atoms. The number of ether oxygens (including phenoxy) is 1. The number of carbonyl (C=O) groups excluding carboxylic acids is 1. The predicted octanol–water partition coefficient (Wildman–Crippen LogP) is 2.09. The maximum absolute atomic E-state index is 11.4. The van der Waals surface area contributed by atoms with E-state index in [1.165, 1.54) is 17.3 Å². The summed E-state index contributed by atoms with van der Waals surface area (Å²) in [4.78, 5) is 11.4. The molecule has 3 heterocycles. The zero-order chi connectivity index (χ0) is 14.9. The van der Waals surface area contributed by atoms with Crippen LogP contribution in [0.5, 0.6) is 0 Å². The first kappa shape index (κ1) is 12.5. The second kappa shape index (κ2) is 4.96. The van der Waals surface area contributed by atoms with Crippen molar-refractivity contribution < 1.29 is 13.9 Å². The van der Waals surface area contributed by atoms with Gasteiger partial charge in [0.25, 0.3) is 0 Å². The Morgan fingerprint density at radius 3 is 2.91 bits per heavy atom. The van der Waals surface area contributed by atoms with Crippen molar-refractivity contribution in [3.8, 4) is 11.3 Å². The minimum atomic E-state index is -0.275. The van der Waals surface area contributed by atoms with E-state index in [0.29, 0.717) is 23.7 Å². The number of cyclic esters (lactones) is 1. The lowest BCUT2D eigenvalue weighted by atomic mass is 10.0. The molecule has 1 aromatic carbocycles. The molecule has 0 fully saturated rings. The van der Waals surface area contributed by atoms with Gasteiger partial charge in [-0.1, -0.05) is 6.07 Å². The van der Waals surface area contributed by atoms with Crippen LogP contribution in [-0.4, -0.2) is 27.1 Å². The van der Waals surface area contributed by atoms with Crippen molar-refractivity contribution in [2.75, 3.05) is 0 Å². The third kappa shape index (κ3) is 2.18. The number of rotatable bonds is 3. The zero-order valence-corrected chi connectivity index (χ0v) is 11.3. The number of hydrogen-bond acceptors (Lipinski definition) is 6. The summed E-state index contributed by atoms with van der Waals surface area (Å²) >= 11 is 0. The van der Waals surface area contributed by atoms with Crippen molar-refractivity contribution in [3.05, 3.63) is 59.9 Å². The number of nitrogens with zero attached hydrogens (tertiary/aromatic N) is 4. The molecule has 0 saturated carbocycles. The highest BCUT2D eigenvalue weighted by molar-refractivity contribution is 5.94. The van der Waals surface area contributed by atoms with E-state index in [0.717, 1.165) is 11.1 Å². The SMILES string of the molecule is O=C1OCc2cc(-c3ccc(/C=N/n4cnnc4)o3)ccc21. The molecule has 1 aliphatic rings. The molecular formula is C15H10N4O3. The molecule has 0 radical (unpaired) electrons. The summed E-state index contributed by atoms with van der Waals surface area (Å²) in [6, 6.07) is 9.17. The highest BCUT2D eigenvalue weighted by Crippen LogP contribution is 2.27. The van der Waals surface area contributed by atoms with Crippen molar-refractivity contribution in [3.63, 3.8) is 0 Å². The van der Waals surface area contributed by atoms with Crippen LogP contribution in [0.2, 0.25) is 0 Å². The molecule has 0 unspecified atom stereocenters. The minimum absolute atomic E-state index is 0.275. The smallest absolute Gasteiger partial charge is 0.338 e. The van der Waals surface area contributed by atoms with Crippen LogP contribution >= 0.6 is 0 Å². The summed E-state index contributed by atoms with van der Waals surface area (Å²) in [6.45, 7) is 0.310. The molecule has 7 heteroatoms. The number of carbonyl (C=O) groups is 1. The molecule has 2 aromatic heterocycles. The molecule has 0 aliphatic carbocycles. The summed E-state index contributed by atoms with van der Waals surface area (Å²) in [5.74, 6) is 1.03. The summed E-state index contributed by atoms with van der Waals surface area (Å²) in [5, 5.41) is 11.4. The number of fused-ring (bicyclic) bond motifs is 1. The fourth-order valence-electron chi connectivity index (χ4n) is 2.24. The van der Waals surface area contributed by atoms with E-state index < -0.39 is 0 Å². The van der Waals surface area contributed by atoms with Gasteiger partial charge in [-0.3, -0.25) is 0 Å². The molecule has 108 valence electrons. The van der Waals surface area contributed by atoms with Crippen LogP contribution in [-0.2, 0) is 11.3 Å². The van der Waals surface area contributed by atoms with E-state index in [1.807, 2.05) is 24.3 Å². The van der Waals surface area contributed by atoms with Gasteiger partial charge in [-0.25, -0.2) is 9.47 Å². The molecule has 0 atom stereocenters. The first-order valence-corrected chi connectivity index (χ1v) is 6.59. The Hall–Kier alpha value is -3.22. The Bertz CT molecular complexity index is 865. The monoisotopic (exact) mass is 294 g/mol. The summed E-state index contributed by atoms with van der Waals surface area (Å²) < 4.78 is 12.2. The van der Waals surface area contributed by atoms with Gasteiger partial charge in [-0.05, 0) is 24.3 Å². The van der Waals surface area contributed by atoms with Crippen molar-refractivity contribution in [1.82, 2.24) is 14.9 Å². The van der Waals surface area contributed by atoms with Crippen LogP contribution in [0, 0.1) is 0 Å². The van der Waals surface area contributed by atoms with E-state index in [1.54, 1.807) is 12.3 Å². The molecule has 4 rings (SSSR count). The second-order valence-electron chi connectivity index (χ2n) is 4.74. The molecule has 22 heavy (non-hydrogen) atoms. The van der Waals surface area contributed by atoms with Crippen LogP contribution in [0.4, 0.5) is 0 Å². The Morgan fingerprint density at radius 2 is 2.05 bits per heavy atom. The fourth-order valence-corrected chi connectivity index (χ4v) is 2.24. The highest BCUT2D eigenvalue weighted by Gasteiger charge is 2.21. The van der Waals surface area contributed by atoms with Gasteiger partial charge in [0.15, 0.2) is 0 Å². The van der Waals surface area contributed by atoms with Gasteiger partial charge < -0.3 is 9.15 Å². The lowest BCUT2D eigenvalue weighted by molar-refractivity contribution is 0.0535. The van der Waals surface area contributed by atoms with E-state index in [4.69, 9.17) is 9.15 Å². The summed E-state index contributed by atoms with van der Waals surface area (Å²) in [5.41, 5.74) is 2.38. The number of benzene rings is 1. The molecule has 7 nitrogen and oxygen atoms in total. The van der Waals surface area contributed by atoms with Crippen molar-refractivity contribution in [2.45, 2.75) is 6.61 Å². The van der Waals surface area contributed by atoms with Gasteiger partial charge in [-0.15, -0.1) is 10.2 Å². The van der Waals surface area contributed by atoms with Crippen LogP contribution in [0.15, 0.2) is 52.5 Å². The zero-order valence-electron chi connectivity index (χ0n) is 11.3. The fraction of sp³-hybridized carbons (Fsp3) is 0.0667. The molecule has 0 spiro atoms. The highest BCUT2D eigenvalue weighted by atomic mass is 16.5. The molecule has 0 amide bonds. The van der Waals surface area contributed by atoms with Gasteiger partial charge in [0.2, 0.25) is 0 Å². The van der Waals surface area contributed by atoms with E-state index in [-0.39, 0.29) is 5.97 Å². The van der Waals surface area contributed by atoms with Gasteiger partial charge in [0, 0.05) is 11.1 Å². The van der Waals surface area contributed by atoms with E-state index >= 15 is 0 Å². The Morgan fingerprint density at radius 1 is 1.18 bits per heavy atom. The Kier molecular flexibility index (Phi) is 2.82.